The molecule has 2 heterocycles. The fourth-order valence-electron chi connectivity index (χ4n) is 2.97. The quantitative estimate of drug-likeness (QED) is 0.933. The van der Waals surface area contributed by atoms with Crippen LogP contribution in [-0.2, 0) is 4.79 Å². The number of amides is 1. The van der Waals surface area contributed by atoms with Gasteiger partial charge in [-0.3, -0.25) is 14.7 Å². The van der Waals surface area contributed by atoms with Crippen LogP contribution in [0.3, 0.4) is 0 Å². The highest BCUT2D eigenvalue weighted by atomic mass is 35.5. The topological polar surface area (TPSA) is 45.2 Å². The Morgan fingerprint density at radius 1 is 1.22 bits per heavy atom. The van der Waals surface area contributed by atoms with Crippen LogP contribution < -0.4 is 5.32 Å². The van der Waals surface area contributed by atoms with Crippen molar-refractivity contribution in [2.75, 3.05) is 25.0 Å². The number of anilines is 1. The first-order valence-electron chi connectivity index (χ1n) is 7.89. The molecule has 1 N–H and O–H groups in total. The van der Waals surface area contributed by atoms with Crippen LogP contribution in [0.15, 0.2) is 48.7 Å². The molecular weight excluding hydrogens is 310 g/mol. The second kappa shape index (κ2) is 7.57. The molecule has 1 aliphatic heterocycles. The Balaban J connectivity index is 1.48. The molecule has 23 heavy (non-hydrogen) atoms. The summed E-state index contributed by atoms with van der Waals surface area (Å²) >= 11 is 5.93. The van der Waals surface area contributed by atoms with Crippen LogP contribution in [0.4, 0.5) is 5.69 Å². The van der Waals surface area contributed by atoms with E-state index in [1.54, 1.807) is 12.1 Å². The summed E-state index contributed by atoms with van der Waals surface area (Å²) < 4.78 is 0. The third-order valence-corrected chi connectivity index (χ3v) is 4.40. The van der Waals surface area contributed by atoms with Crippen LogP contribution in [0.2, 0.25) is 5.02 Å². The Morgan fingerprint density at radius 2 is 2.04 bits per heavy atom. The summed E-state index contributed by atoms with van der Waals surface area (Å²) in [4.78, 5) is 18.8. The predicted molar refractivity (Wildman–Crippen MR) is 92.7 cm³/mol. The van der Waals surface area contributed by atoms with Crippen molar-refractivity contribution in [2.24, 2.45) is 0 Å². The van der Waals surface area contributed by atoms with Gasteiger partial charge in [0.05, 0.1) is 6.54 Å². The van der Waals surface area contributed by atoms with Gasteiger partial charge in [-0.25, -0.2) is 0 Å². The number of piperidine rings is 1. The maximum atomic E-state index is 12.1. The molecule has 0 saturated carbocycles. The minimum absolute atomic E-state index is 0.00329. The van der Waals surface area contributed by atoms with Gasteiger partial charge >= 0.3 is 0 Å². The summed E-state index contributed by atoms with van der Waals surface area (Å²) in [6.07, 6.45) is 3.93. The summed E-state index contributed by atoms with van der Waals surface area (Å²) in [7, 11) is 0. The fourth-order valence-corrected chi connectivity index (χ4v) is 3.16. The molecule has 0 bridgehead atoms. The summed E-state index contributed by atoms with van der Waals surface area (Å²) in [6.45, 7) is 2.26. The van der Waals surface area contributed by atoms with Crippen molar-refractivity contribution >= 4 is 23.2 Å². The molecular formula is C18H20ClN3O. The van der Waals surface area contributed by atoms with E-state index in [9.17, 15) is 4.79 Å². The molecule has 4 nitrogen and oxygen atoms in total. The van der Waals surface area contributed by atoms with Gasteiger partial charge in [0, 0.05) is 28.5 Å². The molecule has 1 aliphatic rings. The second-order valence-corrected chi connectivity index (χ2v) is 6.30. The maximum Gasteiger partial charge on any atom is 0.238 e. The third-order valence-electron chi connectivity index (χ3n) is 4.17. The third kappa shape index (κ3) is 4.53. The molecule has 0 unspecified atom stereocenters. The highest BCUT2D eigenvalue weighted by molar-refractivity contribution is 6.30. The number of likely N-dealkylation sites (tertiary alicyclic amines) is 1. The number of nitrogens with one attached hydrogen (secondary N) is 1. The predicted octanol–water partition coefficient (Wildman–Crippen LogP) is 3.55. The molecule has 0 atom stereocenters. The first kappa shape index (κ1) is 16.0. The van der Waals surface area contributed by atoms with Gasteiger partial charge in [-0.15, -0.1) is 0 Å². The van der Waals surface area contributed by atoms with E-state index in [-0.39, 0.29) is 5.91 Å². The number of nitrogens with zero attached hydrogens (tertiary/aromatic N) is 2. The molecule has 0 radical (unpaired) electrons. The number of pyridine rings is 1. The van der Waals surface area contributed by atoms with Crippen molar-refractivity contribution in [2.45, 2.75) is 18.8 Å². The van der Waals surface area contributed by atoms with Gasteiger partial charge in [-0.1, -0.05) is 23.7 Å². The van der Waals surface area contributed by atoms with E-state index in [4.69, 9.17) is 11.6 Å². The summed E-state index contributed by atoms with van der Waals surface area (Å²) in [5.41, 5.74) is 1.90. The lowest BCUT2D eigenvalue weighted by Gasteiger charge is -2.31. The molecule has 5 heteroatoms. The Labute approximate surface area is 141 Å². The van der Waals surface area contributed by atoms with Crippen molar-refractivity contribution < 1.29 is 4.79 Å². The molecule has 0 spiro atoms. The van der Waals surface area contributed by atoms with Crippen molar-refractivity contribution in [3.8, 4) is 0 Å². The zero-order valence-electron chi connectivity index (χ0n) is 12.9. The standard InChI is InChI=1S/C18H20ClN3O/c19-15-4-3-5-16(12-15)21-18(23)13-22-10-7-14(8-11-22)17-6-1-2-9-20-17/h1-6,9,12,14H,7-8,10-11,13H2,(H,21,23). The molecule has 1 saturated heterocycles. The average Bonchev–Trinajstić information content (AvgIpc) is 2.56. The fraction of sp³-hybridized carbons (Fsp3) is 0.333. The first-order chi connectivity index (χ1) is 11.2. The molecule has 1 aromatic carbocycles. The number of rotatable bonds is 4. The molecule has 3 rings (SSSR count). The first-order valence-corrected chi connectivity index (χ1v) is 8.27. The van der Waals surface area contributed by atoms with Crippen LogP contribution in [0, 0.1) is 0 Å². The van der Waals surface area contributed by atoms with Crippen molar-refractivity contribution in [3.05, 3.63) is 59.4 Å². The summed E-state index contributed by atoms with van der Waals surface area (Å²) in [6, 6.07) is 13.3. The van der Waals surface area contributed by atoms with E-state index < -0.39 is 0 Å². The summed E-state index contributed by atoms with van der Waals surface area (Å²) in [5, 5.41) is 3.52. The number of aromatic nitrogens is 1. The van der Waals surface area contributed by atoms with Crippen LogP contribution in [0.5, 0.6) is 0 Å². The maximum absolute atomic E-state index is 12.1. The minimum atomic E-state index is 0.00329. The van der Waals surface area contributed by atoms with Crippen LogP contribution in [0.1, 0.15) is 24.5 Å². The van der Waals surface area contributed by atoms with Gasteiger partial charge in [0.1, 0.15) is 0 Å². The van der Waals surface area contributed by atoms with E-state index in [0.717, 1.165) is 37.3 Å². The molecule has 1 fully saturated rings. The number of carbonyl (C=O) groups excluding carboxylic acids is 1. The molecule has 1 amide bonds. The SMILES string of the molecule is O=C(CN1CCC(c2ccccn2)CC1)Nc1cccc(Cl)c1. The molecule has 1 aromatic heterocycles. The Morgan fingerprint density at radius 3 is 2.74 bits per heavy atom. The van der Waals surface area contributed by atoms with E-state index in [0.29, 0.717) is 17.5 Å². The van der Waals surface area contributed by atoms with Gasteiger partial charge in [-0.05, 0) is 56.3 Å². The van der Waals surface area contributed by atoms with Crippen LogP contribution in [-0.4, -0.2) is 35.4 Å². The number of hydrogen-bond acceptors (Lipinski definition) is 3. The van der Waals surface area contributed by atoms with E-state index >= 15 is 0 Å². The van der Waals surface area contributed by atoms with E-state index in [1.165, 1.54) is 0 Å². The lowest BCUT2D eigenvalue weighted by molar-refractivity contribution is -0.117. The monoisotopic (exact) mass is 329 g/mol. The highest BCUT2D eigenvalue weighted by Gasteiger charge is 2.22. The second-order valence-electron chi connectivity index (χ2n) is 5.86. The average molecular weight is 330 g/mol. The minimum Gasteiger partial charge on any atom is -0.325 e. The molecule has 120 valence electrons. The molecule has 2 aromatic rings. The number of halogens is 1. The van der Waals surface area contributed by atoms with Crippen molar-refractivity contribution in [3.63, 3.8) is 0 Å². The van der Waals surface area contributed by atoms with E-state index in [1.807, 2.05) is 30.5 Å². The van der Waals surface area contributed by atoms with Gasteiger partial charge < -0.3 is 5.32 Å². The number of carbonyl (C=O) groups is 1. The van der Waals surface area contributed by atoms with Crippen molar-refractivity contribution in [1.29, 1.82) is 0 Å². The number of hydrogen-bond donors (Lipinski definition) is 1. The summed E-state index contributed by atoms with van der Waals surface area (Å²) in [5.74, 6) is 0.506. The largest absolute Gasteiger partial charge is 0.325 e. The highest BCUT2D eigenvalue weighted by Crippen LogP contribution is 2.26. The lowest BCUT2D eigenvalue weighted by atomic mass is 9.93. The zero-order chi connectivity index (χ0) is 16.1. The number of benzene rings is 1. The smallest absolute Gasteiger partial charge is 0.238 e. The zero-order valence-corrected chi connectivity index (χ0v) is 13.7. The van der Waals surface area contributed by atoms with Gasteiger partial charge in [0.15, 0.2) is 0 Å². The van der Waals surface area contributed by atoms with Crippen LogP contribution in [0.25, 0.3) is 0 Å². The normalized spacial score (nSPS) is 16.2. The van der Waals surface area contributed by atoms with Gasteiger partial charge in [-0.2, -0.15) is 0 Å². The Kier molecular flexibility index (Phi) is 5.26. The van der Waals surface area contributed by atoms with Gasteiger partial charge in [0.2, 0.25) is 5.91 Å². The van der Waals surface area contributed by atoms with Gasteiger partial charge in [0.25, 0.3) is 0 Å². The molecule has 0 aliphatic carbocycles. The Bertz CT molecular complexity index is 654. The van der Waals surface area contributed by atoms with Crippen LogP contribution >= 0.6 is 11.6 Å². The Hall–Kier alpha value is -1.91. The van der Waals surface area contributed by atoms with E-state index in [2.05, 4.69) is 21.3 Å². The lowest BCUT2D eigenvalue weighted by Crippen LogP contribution is -2.38. The van der Waals surface area contributed by atoms with Crippen molar-refractivity contribution in [1.82, 2.24) is 9.88 Å².